The van der Waals surface area contributed by atoms with Crippen LogP contribution in [0.25, 0.3) is 11.0 Å². The third-order valence-corrected chi connectivity index (χ3v) is 26.7. The highest BCUT2D eigenvalue weighted by molar-refractivity contribution is 6.09. The maximum absolute atomic E-state index is 13.2. The lowest BCUT2D eigenvalue weighted by Crippen LogP contribution is -2.50. The molecular formula is C100H139N25O7. The van der Waals surface area contributed by atoms with E-state index in [0.29, 0.717) is 67.6 Å². The topological polar surface area (TPSA) is 317 Å². The predicted octanol–water partition coefficient (Wildman–Crippen LogP) is 17.1. The fraction of sp³-hybridized carbons (Fsp3) is 0.540. The summed E-state index contributed by atoms with van der Waals surface area (Å²) in [6.07, 6.45) is 21.1. The number of nitrogens with zero attached hydrogens (tertiary/aromatic N) is 20. The average molecular weight is 1800 g/mol. The normalized spacial score (nSPS) is 17.8. The number of likely N-dealkylation sites (N-methyl/N-ethyl adjacent to an activating group) is 1. The molecule has 0 radical (unpaired) electrons. The van der Waals surface area contributed by atoms with Crippen molar-refractivity contribution in [2.45, 2.75) is 240 Å². The summed E-state index contributed by atoms with van der Waals surface area (Å²) in [6, 6.07) is 31.9. The standard InChI is InChI=1S/C28H40N6O3.C25H33N7O2.C24H34N6O.C23H32N6O/c1-8-20(9-2)34-23-22(28(6,7)24(34)35)18-29-25(31-23)30-19-10-12-21(13-11-19)32-14-16-33(17-15-32)26(36)37-27(3,4)5;1-25(2,3)34-24(33)31-14-12-30(13-15-31)20-8-9-21(26-17-20)28-23-27-16-18-10-11-32(22(18)29-23)19-6-4-5-7-19;1-6-18(7-2)30-21-20(24(3,4)22(30)31)16-25-23(27-21)26-17-8-10-19(11-9-17)29-14-12-28(5)13-15-29;1-5-17(6-2)29-20-19(23(3,4)21(29)30)15-25-22(27-20)26-16-7-9-18(10-8-16)28-13-11-24-12-14-28/h10-13,18,20H,8-9,14-17H2,1-7H3,(H,29,30,31);8-11,16-17,19H,4-7,12-15H2,1-3H3,(H,26,27,28,29);8-11,16,18H,6-7,12-15H2,1-5H3,(H,25,26,27);7-10,15,17,24H,5-6,11-14H2,1-4H3,(H,25,26,27). The van der Waals surface area contributed by atoms with Gasteiger partial charge in [0.1, 0.15) is 40.1 Å². The van der Waals surface area contributed by atoms with E-state index >= 15 is 0 Å². The van der Waals surface area contributed by atoms with E-state index in [-0.39, 0.29) is 48.0 Å². The third kappa shape index (κ3) is 21.8. The number of amides is 5. The van der Waals surface area contributed by atoms with Gasteiger partial charge >= 0.3 is 12.2 Å². The number of carbonyl (C=O) groups excluding carboxylic acids is 5. The first-order valence-corrected chi connectivity index (χ1v) is 47.8. The quantitative estimate of drug-likeness (QED) is 0.0421. The number of hydrogen-bond donors (Lipinski definition) is 5. The Kier molecular flexibility index (Phi) is 29.8. The van der Waals surface area contributed by atoms with Gasteiger partial charge in [-0.1, -0.05) is 54.4 Å². The highest BCUT2D eigenvalue weighted by atomic mass is 16.6. The van der Waals surface area contributed by atoms with E-state index in [2.05, 4.69) is 202 Å². The summed E-state index contributed by atoms with van der Waals surface area (Å²) in [5.41, 5.74) is 8.19. The minimum atomic E-state index is -0.633. The largest absolute Gasteiger partial charge is 0.444 e. The summed E-state index contributed by atoms with van der Waals surface area (Å²) in [6.45, 7) is 49.6. The van der Waals surface area contributed by atoms with Gasteiger partial charge in [-0.15, -0.1) is 0 Å². The van der Waals surface area contributed by atoms with Crippen LogP contribution in [0.4, 0.5) is 96.5 Å². The van der Waals surface area contributed by atoms with Crippen molar-refractivity contribution < 1.29 is 33.4 Å². The van der Waals surface area contributed by atoms with Crippen LogP contribution in [0, 0.1) is 0 Å². The lowest BCUT2D eigenvalue weighted by atomic mass is 9.88. The van der Waals surface area contributed by atoms with Crippen LogP contribution in [-0.2, 0) is 40.1 Å². The van der Waals surface area contributed by atoms with E-state index < -0.39 is 27.4 Å². The second-order valence-electron chi connectivity index (χ2n) is 39.2. The Balaban J connectivity index is 0.000000142. The summed E-state index contributed by atoms with van der Waals surface area (Å²) in [5.74, 6) is 5.27. The van der Waals surface area contributed by atoms with Gasteiger partial charge in [0.2, 0.25) is 41.5 Å². The van der Waals surface area contributed by atoms with Crippen LogP contribution in [0.15, 0.2) is 128 Å². The van der Waals surface area contributed by atoms with Gasteiger partial charge < -0.3 is 74.9 Å². The Morgan fingerprint density at radius 2 is 0.742 bits per heavy atom. The van der Waals surface area contributed by atoms with Gasteiger partial charge in [-0.25, -0.2) is 34.5 Å². The molecule has 32 nitrogen and oxygen atoms in total. The molecule has 1 saturated carbocycles. The van der Waals surface area contributed by atoms with Crippen LogP contribution in [0.3, 0.4) is 0 Å². The predicted molar refractivity (Wildman–Crippen MR) is 527 cm³/mol. The molecule has 7 aliphatic heterocycles. The van der Waals surface area contributed by atoms with E-state index in [1.807, 2.05) is 141 Å². The minimum Gasteiger partial charge on any atom is -0.444 e. The summed E-state index contributed by atoms with van der Waals surface area (Å²) in [7, 11) is 2.17. The minimum absolute atomic E-state index is 0.0822. The van der Waals surface area contributed by atoms with Crippen molar-refractivity contribution in [3.05, 3.63) is 145 Å². The zero-order chi connectivity index (χ0) is 94.1. The van der Waals surface area contributed by atoms with Crippen molar-refractivity contribution >= 4 is 128 Å². The smallest absolute Gasteiger partial charge is 0.410 e. The molecule has 1 aliphatic carbocycles. The Labute approximate surface area is 779 Å². The van der Waals surface area contributed by atoms with Crippen LogP contribution in [0.1, 0.15) is 212 Å². The second-order valence-corrected chi connectivity index (χ2v) is 39.2. The first kappa shape index (κ1) is 96.0. The molecule has 0 atom stereocenters. The summed E-state index contributed by atoms with van der Waals surface area (Å²) >= 11 is 0. The highest BCUT2D eigenvalue weighted by Crippen LogP contribution is 2.47. The highest BCUT2D eigenvalue weighted by Gasteiger charge is 2.51. The lowest BCUT2D eigenvalue weighted by Gasteiger charge is -2.36. The Bertz CT molecular complexity index is 5440. The van der Waals surface area contributed by atoms with E-state index in [1.165, 1.54) is 37.1 Å². The van der Waals surface area contributed by atoms with E-state index in [9.17, 15) is 24.0 Å². The maximum Gasteiger partial charge on any atom is 0.410 e. The van der Waals surface area contributed by atoms with Gasteiger partial charge in [0.15, 0.2) is 0 Å². The number of fused-ring (bicyclic) bond motifs is 4. The number of benzene rings is 3. The molecular weight excluding hydrogens is 1660 g/mol. The number of hydrogen-bond acceptors (Lipinski definition) is 26. The van der Waals surface area contributed by atoms with E-state index in [0.717, 1.165) is 185 Å². The molecule has 5 N–H and O–H groups in total. The van der Waals surface area contributed by atoms with Crippen LogP contribution in [0.5, 0.6) is 0 Å². The average Bonchev–Trinajstić information content (AvgIpc) is 1.60. The molecule has 6 aromatic heterocycles. The summed E-state index contributed by atoms with van der Waals surface area (Å²) < 4.78 is 13.3. The molecule has 4 saturated heterocycles. The third-order valence-electron chi connectivity index (χ3n) is 26.7. The zero-order valence-electron chi connectivity index (χ0n) is 81.1. The van der Waals surface area contributed by atoms with Crippen LogP contribution in [0.2, 0.25) is 0 Å². The van der Waals surface area contributed by atoms with E-state index in [1.54, 1.807) is 22.2 Å². The summed E-state index contributed by atoms with van der Waals surface area (Å²) in [4.78, 5) is 127. The Morgan fingerprint density at radius 1 is 0.409 bits per heavy atom. The number of anilines is 15. The molecule has 0 unspecified atom stereocenters. The molecule has 3 aromatic carbocycles. The number of ether oxygens (including phenoxy) is 2. The van der Waals surface area contributed by atoms with Gasteiger partial charge in [0.05, 0.1) is 28.1 Å². The van der Waals surface area contributed by atoms with Crippen molar-refractivity contribution in [1.29, 1.82) is 0 Å². The molecule has 9 aromatic rings. The Morgan fingerprint density at radius 3 is 1.09 bits per heavy atom. The maximum atomic E-state index is 13.2. The van der Waals surface area contributed by atoms with Gasteiger partial charge in [-0.05, 0) is 232 Å². The monoisotopic (exact) mass is 1800 g/mol. The molecule has 17 rings (SSSR count). The number of nitrogens with one attached hydrogen (secondary N) is 5. The number of aromatic nitrogens is 10. The molecule has 132 heavy (non-hydrogen) atoms. The molecule has 5 amide bonds. The van der Waals surface area contributed by atoms with Gasteiger partial charge in [-0.3, -0.25) is 29.1 Å². The molecule has 0 spiro atoms. The fourth-order valence-corrected chi connectivity index (χ4v) is 18.5. The van der Waals surface area contributed by atoms with Crippen molar-refractivity contribution in [1.82, 2.24) is 69.4 Å². The van der Waals surface area contributed by atoms with Crippen molar-refractivity contribution in [2.24, 2.45) is 0 Å². The molecule has 0 bridgehead atoms. The molecule has 706 valence electrons. The fourth-order valence-electron chi connectivity index (χ4n) is 18.5. The number of rotatable bonds is 22. The summed E-state index contributed by atoms with van der Waals surface area (Å²) in [5, 5.41) is 17.6. The molecule has 13 heterocycles. The van der Waals surface area contributed by atoms with Crippen molar-refractivity contribution in [3.8, 4) is 0 Å². The number of carbonyl (C=O) groups is 5. The van der Waals surface area contributed by atoms with Gasteiger partial charge in [0, 0.05) is 216 Å². The van der Waals surface area contributed by atoms with Crippen LogP contribution >= 0.6 is 0 Å². The van der Waals surface area contributed by atoms with Gasteiger partial charge in [-0.2, -0.15) is 19.9 Å². The first-order chi connectivity index (χ1) is 63.1. The molecule has 5 fully saturated rings. The van der Waals surface area contributed by atoms with Crippen LogP contribution in [-0.4, -0.2) is 235 Å². The zero-order valence-corrected chi connectivity index (χ0v) is 81.1. The van der Waals surface area contributed by atoms with E-state index in [4.69, 9.17) is 29.4 Å². The van der Waals surface area contributed by atoms with Crippen molar-refractivity contribution in [3.63, 3.8) is 0 Å². The molecule has 32 heteroatoms. The van der Waals surface area contributed by atoms with Gasteiger partial charge in [0.25, 0.3) is 0 Å². The van der Waals surface area contributed by atoms with Crippen LogP contribution < -0.4 is 60.9 Å². The number of piperazine rings is 4. The Hall–Kier alpha value is -12.1. The second kappa shape index (κ2) is 41.0. The first-order valence-electron chi connectivity index (χ1n) is 47.8. The SMILES string of the molecule is CC(C)(C)OC(=O)N1CCN(c2ccc(Nc3ncc4ccn(C5CCCC5)c4n3)nc2)CC1.CCC(CC)N1C(=O)C(C)(C)c2cnc(Nc3ccc(N4CCN(C(=O)OC(C)(C)C)CC4)cc3)nc21.CCC(CC)N1C(=O)C(C)(C)c2cnc(Nc3ccc(N4CCN(C)CC4)cc3)nc21.CCC(CC)N1C(=O)C(C)(C)c2cnc(Nc3ccc(N4CCNCC4)cc3)nc21. The number of pyridine rings is 1. The van der Waals surface area contributed by atoms with Crippen molar-refractivity contribution in [2.75, 3.05) is 167 Å². The lowest BCUT2D eigenvalue weighted by molar-refractivity contribution is -0.123. The molecule has 8 aliphatic rings.